The molecule has 0 saturated carbocycles. The van der Waals surface area contributed by atoms with Crippen LogP contribution >= 0.6 is 0 Å². The van der Waals surface area contributed by atoms with Crippen LogP contribution in [0.5, 0.6) is 5.75 Å². The van der Waals surface area contributed by atoms with Gasteiger partial charge in [-0.2, -0.15) is 26.3 Å². The molecule has 1 heterocycles. The van der Waals surface area contributed by atoms with E-state index in [9.17, 15) is 31.1 Å². The van der Waals surface area contributed by atoms with E-state index in [4.69, 9.17) is 9.47 Å². The summed E-state index contributed by atoms with van der Waals surface area (Å²) in [5.74, 6) is 0.485. The molecule has 33 heavy (non-hydrogen) atoms. The SMILES string of the molecule is COC(=O)N(Cc1cc(C(F)(F)F)cc(C(F)(F)F)c1)[C@@H]1C[C@H](C)Nc2ccc(OC)cc21. The second kappa shape index (κ2) is 9.03. The Morgan fingerprint density at radius 3 is 2.15 bits per heavy atom. The van der Waals surface area contributed by atoms with Crippen molar-refractivity contribution in [3.8, 4) is 5.75 Å². The molecule has 2 aromatic rings. The quantitative estimate of drug-likeness (QED) is 0.531. The fourth-order valence-electron chi connectivity index (χ4n) is 3.88. The fraction of sp³-hybridized carbons (Fsp3) is 0.409. The minimum Gasteiger partial charge on any atom is -0.497 e. The first kappa shape index (κ1) is 24.5. The van der Waals surface area contributed by atoms with Crippen molar-refractivity contribution in [1.29, 1.82) is 0 Å². The molecular formula is C22H22F6N2O3. The smallest absolute Gasteiger partial charge is 0.416 e. The number of benzene rings is 2. The summed E-state index contributed by atoms with van der Waals surface area (Å²) in [6, 6.07) is 5.58. The van der Waals surface area contributed by atoms with Crippen LogP contribution < -0.4 is 10.1 Å². The average Bonchev–Trinajstić information content (AvgIpc) is 2.74. The van der Waals surface area contributed by atoms with Crippen LogP contribution in [-0.2, 0) is 23.6 Å². The molecule has 0 fully saturated rings. The number of carbonyl (C=O) groups is 1. The van der Waals surface area contributed by atoms with Crippen LogP contribution in [0.4, 0.5) is 36.8 Å². The van der Waals surface area contributed by atoms with Crippen molar-refractivity contribution in [2.75, 3.05) is 19.5 Å². The van der Waals surface area contributed by atoms with Crippen molar-refractivity contribution >= 4 is 11.8 Å². The van der Waals surface area contributed by atoms with E-state index in [0.717, 1.165) is 12.0 Å². The summed E-state index contributed by atoms with van der Waals surface area (Å²) < 4.78 is 89.8. The zero-order valence-electron chi connectivity index (χ0n) is 18.0. The van der Waals surface area contributed by atoms with Crippen molar-refractivity contribution in [3.05, 3.63) is 58.7 Å². The van der Waals surface area contributed by atoms with E-state index in [1.807, 2.05) is 6.92 Å². The number of alkyl halides is 6. The minimum absolute atomic E-state index is 0.0543. The molecule has 11 heteroatoms. The Balaban J connectivity index is 2.09. The van der Waals surface area contributed by atoms with Gasteiger partial charge in [-0.25, -0.2) is 4.79 Å². The molecule has 3 rings (SSSR count). The lowest BCUT2D eigenvalue weighted by Gasteiger charge is -2.38. The van der Waals surface area contributed by atoms with Gasteiger partial charge in [0.05, 0.1) is 31.4 Å². The summed E-state index contributed by atoms with van der Waals surface area (Å²) in [6.45, 7) is 1.33. The van der Waals surface area contributed by atoms with E-state index >= 15 is 0 Å². The highest BCUT2D eigenvalue weighted by molar-refractivity contribution is 5.70. The molecule has 1 aliphatic rings. The molecule has 0 spiro atoms. The van der Waals surface area contributed by atoms with Crippen molar-refractivity contribution in [2.24, 2.45) is 0 Å². The predicted octanol–water partition coefficient (Wildman–Crippen LogP) is 6.25. The van der Waals surface area contributed by atoms with Crippen molar-refractivity contribution < 1.29 is 40.6 Å². The highest BCUT2D eigenvalue weighted by Gasteiger charge is 2.38. The average molecular weight is 476 g/mol. The normalized spacial score (nSPS) is 18.2. The van der Waals surface area contributed by atoms with Gasteiger partial charge in [-0.3, -0.25) is 4.90 Å². The number of anilines is 1. The van der Waals surface area contributed by atoms with Gasteiger partial charge in [-0.05, 0) is 55.3 Å². The summed E-state index contributed by atoms with van der Waals surface area (Å²) >= 11 is 0. The van der Waals surface area contributed by atoms with Crippen LogP contribution in [0, 0.1) is 0 Å². The van der Waals surface area contributed by atoms with Crippen molar-refractivity contribution in [2.45, 2.75) is 44.3 Å². The Kier molecular flexibility index (Phi) is 6.71. The molecule has 1 N–H and O–H groups in total. The Bertz CT molecular complexity index is 990. The minimum atomic E-state index is -4.99. The van der Waals surface area contributed by atoms with Crippen LogP contribution in [0.3, 0.4) is 0 Å². The number of nitrogens with zero attached hydrogens (tertiary/aromatic N) is 1. The Hall–Kier alpha value is -3.11. The number of fused-ring (bicyclic) bond motifs is 1. The molecule has 180 valence electrons. The topological polar surface area (TPSA) is 50.8 Å². The summed E-state index contributed by atoms with van der Waals surface area (Å²) in [7, 11) is 2.55. The third kappa shape index (κ3) is 5.45. The number of carbonyl (C=O) groups excluding carboxylic acids is 1. The summed E-state index contributed by atoms with van der Waals surface area (Å²) in [5, 5.41) is 3.24. The molecular weight excluding hydrogens is 454 g/mol. The van der Waals surface area contributed by atoms with Gasteiger partial charge in [-0.1, -0.05) is 0 Å². The van der Waals surface area contributed by atoms with E-state index < -0.39 is 42.2 Å². The number of nitrogens with one attached hydrogen (secondary N) is 1. The van der Waals surface area contributed by atoms with E-state index in [2.05, 4.69) is 5.32 Å². The molecule has 1 aliphatic heterocycles. The first-order valence-electron chi connectivity index (χ1n) is 9.91. The van der Waals surface area contributed by atoms with E-state index in [1.165, 1.54) is 7.11 Å². The van der Waals surface area contributed by atoms with Crippen molar-refractivity contribution in [3.63, 3.8) is 0 Å². The molecule has 2 atom stereocenters. The van der Waals surface area contributed by atoms with E-state index in [0.29, 0.717) is 35.6 Å². The Morgan fingerprint density at radius 1 is 1.03 bits per heavy atom. The Morgan fingerprint density at radius 2 is 1.64 bits per heavy atom. The number of halogens is 6. The van der Waals surface area contributed by atoms with Gasteiger partial charge in [0.15, 0.2) is 0 Å². The van der Waals surface area contributed by atoms with Gasteiger partial charge in [0, 0.05) is 23.8 Å². The molecule has 0 aliphatic carbocycles. The number of ether oxygens (including phenoxy) is 2. The summed E-state index contributed by atoms with van der Waals surface area (Å²) in [5.41, 5.74) is -1.93. The lowest BCUT2D eigenvalue weighted by atomic mass is 9.91. The first-order chi connectivity index (χ1) is 15.3. The predicted molar refractivity (Wildman–Crippen MR) is 108 cm³/mol. The highest BCUT2D eigenvalue weighted by Crippen LogP contribution is 2.41. The standard InChI is InChI=1S/C22H22F6N2O3/c1-12-6-19(17-10-16(32-2)4-5-18(17)29-12)30(20(31)33-3)11-13-7-14(21(23,24)25)9-15(8-13)22(26,27)28/h4-5,7-10,12,19,29H,6,11H2,1-3H3/t12-,19+/m0/s1. The van der Waals surface area contributed by atoms with Crippen LogP contribution in [-0.4, -0.2) is 31.3 Å². The molecule has 0 aromatic heterocycles. The molecule has 0 unspecified atom stereocenters. The number of rotatable bonds is 4. The highest BCUT2D eigenvalue weighted by atomic mass is 19.4. The Labute approximate surface area is 186 Å². The largest absolute Gasteiger partial charge is 0.497 e. The van der Waals surface area contributed by atoms with Crippen LogP contribution in [0.2, 0.25) is 0 Å². The van der Waals surface area contributed by atoms with Crippen molar-refractivity contribution in [1.82, 2.24) is 4.90 Å². The number of hydrogen-bond donors (Lipinski definition) is 1. The summed E-state index contributed by atoms with van der Waals surface area (Å²) in [4.78, 5) is 13.8. The maximum absolute atomic E-state index is 13.3. The van der Waals surface area contributed by atoms with Gasteiger partial charge in [0.1, 0.15) is 5.75 Å². The molecule has 0 radical (unpaired) electrons. The number of hydrogen-bond acceptors (Lipinski definition) is 4. The van der Waals surface area contributed by atoms with Gasteiger partial charge in [-0.15, -0.1) is 0 Å². The fourth-order valence-corrected chi connectivity index (χ4v) is 3.88. The van der Waals surface area contributed by atoms with Gasteiger partial charge >= 0.3 is 18.4 Å². The molecule has 2 aromatic carbocycles. The maximum atomic E-state index is 13.3. The summed E-state index contributed by atoms with van der Waals surface area (Å²) in [6.07, 6.45) is -10.5. The zero-order chi connectivity index (χ0) is 24.6. The lowest BCUT2D eigenvalue weighted by molar-refractivity contribution is -0.143. The third-order valence-corrected chi connectivity index (χ3v) is 5.38. The van der Waals surface area contributed by atoms with Crippen LogP contribution in [0.15, 0.2) is 36.4 Å². The molecule has 0 saturated heterocycles. The zero-order valence-corrected chi connectivity index (χ0v) is 18.0. The van der Waals surface area contributed by atoms with Gasteiger partial charge < -0.3 is 14.8 Å². The lowest BCUT2D eigenvalue weighted by Crippen LogP contribution is -2.39. The second-order valence-corrected chi connectivity index (χ2v) is 7.76. The maximum Gasteiger partial charge on any atom is 0.416 e. The molecule has 1 amide bonds. The number of methoxy groups -OCH3 is 2. The van der Waals surface area contributed by atoms with E-state index in [-0.39, 0.29) is 17.7 Å². The molecule has 5 nitrogen and oxygen atoms in total. The number of amides is 1. The van der Waals surface area contributed by atoms with Crippen LogP contribution in [0.1, 0.15) is 41.6 Å². The molecule has 0 bridgehead atoms. The first-order valence-corrected chi connectivity index (χ1v) is 9.91. The second-order valence-electron chi connectivity index (χ2n) is 7.76. The van der Waals surface area contributed by atoms with Crippen LogP contribution in [0.25, 0.3) is 0 Å². The monoisotopic (exact) mass is 476 g/mol. The third-order valence-electron chi connectivity index (χ3n) is 5.38. The van der Waals surface area contributed by atoms with Gasteiger partial charge in [0.25, 0.3) is 0 Å². The van der Waals surface area contributed by atoms with E-state index in [1.54, 1.807) is 18.2 Å². The van der Waals surface area contributed by atoms with Gasteiger partial charge in [0.2, 0.25) is 0 Å².